The van der Waals surface area contributed by atoms with Gasteiger partial charge in [0, 0.05) is 51.9 Å². The number of nitrogens with zero attached hydrogens (tertiary/aromatic N) is 6. The maximum atomic E-state index is 13.9. The topological polar surface area (TPSA) is 285 Å². The minimum Gasteiger partial charge on any atom is -0.480 e. The summed E-state index contributed by atoms with van der Waals surface area (Å²) < 4.78 is 10.8. The van der Waals surface area contributed by atoms with Crippen LogP contribution in [0.1, 0.15) is 275 Å². The minimum atomic E-state index is -1.30. The number of carboxylic acids is 1. The summed E-state index contributed by atoms with van der Waals surface area (Å²) in [5.74, 6) is -1.25. The van der Waals surface area contributed by atoms with Crippen molar-refractivity contribution in [3.05, 3.63) is 323 Å². The average Bonchev–Trinajstić information content (AvgIpc) is 1.71. The Balaban J connectivity index is 0.000000187. The lowest BCUT2D eigenvalue weighted by Crippen LogP contribution is -2.65. The maximum absolute atomic E-state index is 13.9. The van der Waals surface area contributed by atoms with Gasteiger partial charge in [0.1, 0.15) is 22.3 Å². The van der Waals surface area contributed by atoms with Crippen molar-refractivity contribution in [2.75, 3.05) is 83.6 Å². The van der Waals surface area contributed by atoms with E-state index in [9.17, 15) is 33.9 Å². The number of urea groups is 1. The van der Waals surface area contributed by atoms with Gasteiger partial charge < -0.3 is 62.8 Å². The van der Waals surface area contributed by atoms with Gasteiger partial charge in [0.25, 0.3) is 0 Å². The van der Waals surface area contributed by atoms with Gasteiger partial charge in [0.15, 0.2) is 0 Å². The molecular formula is C122H173ClN14O9. The minimum absolute atomic E-state index is 0. The predicted molar refractivity (Wildman–Crippen MR) is 594 cm³/mol. The standard InChI is InChI=1S/C29H41N3O3.C25H33N3O.C24H33N3O.C24H35N3.C20H30N2O4.ClH/c1-26(2,3)35-25(34)31-28(24(33)30-27(4,5)22-14-10-8-11-15-22)18-20-29(21-19-28,32(6)7)23-16-12-9-13-17-23;1-23(2,20-11-7-5-8-12-20)28-19-24(26-22(28)29)15-17-25(18-16-24,27(3)4)21-13-9-6-10-14-21;1-22(2,19-11-7-5-8-12-19)26-21(28)23(25)15-17-24(18-16-23,27(3)4)20-13-9-6-10-14-20;1-22(2,20-11-7-5-8-12-20)26-19-23(25)15-17-24(18-16-23,27(3)4)21-13-9-6-10-14-21;1-18(2,3)26-17(25)21-19(16(23)24)11-13-20(14-12-19,22(4)5)15-9-7-6-8-10-15;/h8-17H,18-21H2,1-7H3,(H,30,33)(H,31,34);5-14H,15-19H2,1-4H3,(H,26,29);5-14H,15-18,25H2,1-4H3,(H,26,28);5-14,26H,15-19,25H2,1-4H3;6-10H,11-14H2,1-5H3,(H,21,25)(H,23,24);1H. The Morgan fingerprint density at radius 3 is 0.870 bits per heavy atom. The van der Waals surface area contributed by atoms with Crippen molar-refractivity contribution in [3.63, 3.8) is 0 Å². The van der Waals surface area contributed by atoms with Crippen LogP contribution in [-0.2, 0) is 73.7 Å². The number of carboxylic acid groups (broad SMARTS) is 1. The second-order valence-corrected chi connectivity index (χ2v) is 47.2. The van der Waals surface area contributed by atoms with E-state index in [4.69, 9.17) is 20.9 Å². The summed E-state index contributed by atoms with van der Waals surface area (Å²) in [7, 11) is 21.2. The van der Waals surface area contributed by atoms with Gasteiger partial charge in [-0.25, -0.2) is 19.2 Å². The Kier molecular flexibility index (Phi) is 38.3. The molecule has 1 spiro atoms. The van der Waals surface area contributed by atoms with Crippen LogP contribution in [0.15, 0.2) is 273 Å². The molecule has 23 nitrogen and oxygen atoms in total. The normalized spacial score (nSPS) is 25.4. The van der Waals surface area contributed by atoms with Crippen LogP contribution in [0.3, 0.4) is 0 Å². The molecule has 5 aliphatic carbocycles. The summed E-state index contributed by atoms with van der Waals surface area (Å²) in [6.45, 7) is 29.2. The molecular weight excluding hydrogens is 1840 g/mol. The van der Waals surface area contributed by atoms with Crippen LogP contribution in [0.4, 0.5) is 14.4 Å². The zero-order valence-corrected chi connectivity index (χ0v) is 92.8. The molecule has 6 amide bonds. The Labute approximate surface area is 879 Å². The van der Waals surface area contributed by atoms with Gasteiger partial charge >= 0.3 is 24.2 Å². The zero-order chi connectivity index (χ0) is 106. The molecule has 15 rings (SSSR count). The molecule has 146 heavy (non-hydrogen) atoms. The fourth-order valence-electron chi connectivity index (χ4n) is 23.0. The number of ether oxygens (including phenoxy) is 2. The van der Waals surface area contributed by atoms with Crippen LogP contribution in [0.2, 0.25) is 0 Å². The van der Waals surface area contributed by atoms with Crippen LogP contribution >= 0.6 is 12.4 Å². The van der Waals surface area contributed by atoms with E-state index in [2.05, 4.69) is 304 Å². The lowest BCUT2D eigenvalue weighted by molar-refractivity contribution is -0.148. The summed E-state index contributed by atoms with van der Waals surface area (Å²) in [5, 5.41) is 29.0. The van der Waals surface area contributed by atoms with E-state index in [1.807, 2.05) is 177 Å². The molecule has 11 N–H and O–H groups in total. The highest BCUT2D eigenvalue weighted by atomic mass is 35.5. The first-order chi connectivity index (χ1) is 68.1. The molecule has 9 aromatic carbocycles. The third-order valence-electron chi connectivity index (χ3n) is 33.0. The number of alkyl carbamates (subject to hydrolysis) is 2. The molecule has 0 radical (unpaired) electrons. The number of rotatable bonds is 25. The molecule has 5 saturated carbocycles. The lowest BCUT2D eigenvalue weighted by Gasteiger charge is -2.50. The molecule has 0 unspecified atom stereocenters. The van der Waals surface area contributed by atoms with Gasteiger partial charge in [0.2, 0.25) is 11.8 Å². The summed E-state index contributed by atoms with van der Waals surface area (Å²) >= 11 is 0. The van der Waals surface area contributed by atoms with Gasteiger partial charge in [-0.1, -0.05) is 273 Å². The van der Waals surface area contributed by atoms with Crippen LogP contribution in [0.5, 0.6) is 0 Å². The smallest absolute Gasteiger partial charge is 0.408 e. The zero-order valence-electron chi connectivity index (χ0n) is 92.0. The second kappa shape index (κ2) is 47.8. The number of hydrogen-bond donors (Lipinski definition) is 9. The molecule has 1 heterocycles. The van der Waals surface area contributed by atoms with Crippen LogP contribution in [0.25, 0.3) is 0 Å². The number of carbonyl (C=O) groups is 6. The van der Waals surface area contributed by atoms with Crippen molar-refractivity contribution in [3.8, 4) is 0 Å². The number of aliphatic carboxylic acids is 1. The third-order valence-corrected chi connectivity index (χ3v) is 33.0. The number of nitrogens with two attached hydrogens (primary N) is 2. The van der Waals surface area contributed by atoms with Gasteiger partial charge in [-0.3, -0.25) is 34.1 Å². The van der Waals surface area contributed by atoms with Gasteiger partial charge in [-0.05, 0) is 346 Å². The number of nitrogens with one attached hydrogen (secondary N) is 6. The van der Waals surface area contributed by atoms with E-state index in [0.717, 1.165) is 101 Å². The first-order valence-electron chi connectivity index (χ1n) is 52.3. The average molecular weight is 2020 g/mol. The first kappa shape index (κ1) is 117. The second-order valence-electron chi connectivity index (χ2n) is 47.2. The number of hydrogen-bond acceptors (Lipinski definition) is 16. The van der Waals surface area contributed by atoms with Crippen LogP contribution in [-0.4, -0.2) is 193 Å². The van der Waals surface area contributed by atoms with Crippen LogP contribution in [0, 0.1) is 0 Å². The number of carbonyl (C=O) groups excluding carboxylic acids is 5. The molecule has 24 heteroatoms. The van der Waals surface area contributed by atoms with Crippen LogP contribution < -0.4 is 43.4 Å². The van der Waals surface area contributed by atoms with Crippen molar-refractivity contribution in [2.45, 2.75) is 314 Å². The molecule has 0 aromatic heterocycles. The lowest BCUT2D eigenvalue weighted by atomic mass is 9.68. The number of benzene rings is 9. The molecule has 0 atom stereocenters. The Morgan fingerprint density at radius 2 is 0.582 bits per heavy atom. The first-order valence-corrected chi connectivity index (χ1v) is 52.3. The van der Waals surface area contributed by atoms with Gasteiger partial charge in [-0.15, -0.1) is 12.4 Å². The summed E-state index contributed by atoms with van der Waals surface area (Å²) in [6, 6.07) is 93.9. The van der Waals surface area contributed by atoms with E-state index >= 15 is 0 Å². The van der Waals surface area contributed by atoms with E-state index < -0.39 is 57.1 Å². The highest BCUT2D eigenvalue weighted by molar-refractivity contribution is 5.91. The molecule has 6 aliphatic rings. The Hall–Kier alpha value is -10.8. The Morgan fingerprint density at radius 1 is 0.336 bits per heavy atom. The monoisotopic (exact) mass is 2010 g/mol. The van der Waals surface area contributed by atoms with E-state index in [1.165, 1.54) is 38.9 Å². The van der Waals surface area contributed by atoms with E-state index in [-0.39, 0.29) is 80.1 Å². The molecule has 792 valence electrons. The number of halogens is 1. The molecule has 6 fully saturated rings. The van der Waals surface area contributed by atoms with Gasteiger partial charge in [0.05, 0.1) is 27.7 Å². The molecule has 1 aliphatic heterocycles. The maximum Gasteiger partial charge on any atom is 0.408 e. The predicted octanol–water partition coefficient (Wildman–Crippen LogP) is 21.8. The largest absolute Gasteiger partial charge is 0.480 e. The molecule has 9 aromatic rings. The fraction of sp³-hybridized carbons (Fsp3) is 0.508. The highest BCUT2D eigenvalue weighted by Crippen LogP contribution is 2.52. The summed E-state index contributed by atoms with van der Waals surface area (Å²) in [6.07, 6.45) is 14.5. The SMILES string of the molecule is CN(C)C1(c2ccccc2)CCC(N)(C(=O)NC(C)(C)c2ccccc2)CC1.CN(C)C1(c2ccccc2)CCC(N)(CNC(C)(C)c2ccccc2)CC1.CN(C)C1(c2ccccc2)CCC(NC(=O)OC(C)(C)C)(C(=O)NC(C)(C)c2ccccc2)CC1.CN(C)C1(c2ccccc2)CCC(NC(=O)OC(C)(C)C)(C(=O)O)CC1.CN(C)C1(c2ccccc2)CCC2(CC1)CN(C(C)(C)c1ccccc1)C(=O)N2.Cl. The fourth-order valence-corrected chi connectivity index (χ4v) is 23.0. The summed E-state index contributed by atoms with van der Waals surface area (Å²) in [5.41, 5.74) is 17.9. The quantitative estimate of drug-likeness (QED) is 0.0257. The van der Waals surface area contributed by atoms with Crippen molar-refractivity contribution >= 4 is 48.4 Å². The Bertz CT molecular complexity index is 5630. The number of amides is 6. The van der Waals surface area contributed by atoms with Crippen molar-refractivity contribution < 1.29 is 43.3 Å². The molecule has 1 saturated heterocycles. The highest BCUT2D eigenvalue weighted by Gasteiger charge is 2.57. The summed E-state index contributed by atoms with van der Waals surface area (Å²) in [4.78, 5) is 90.7. The van der Waals surface area contributed by atoms with Gasteiger partial charge in [-0.2, -0.15) is 0 Å². The van der Waals surface area contributed by atoms with Crippen molar-refractivity contribution in [1.29, 1.82) is 0 Å². The molecule has 0 bridgehead atoms. The van der Waals surface area contributed by atoms with Crippen molar-refractivity contribution in [2.24, 2.45) is 11.5 Å². The van der Waals surface area contributed by atoms with E-state index in [1.54, 1.807) is 20.8 Å². The third kappa shape index (κ3) is 27.6. The van der Waals surface area contributed by atoms with Crippen molar-refractivity contribution in [1.82, 2.24) is 61.3 Å². The van der Waals surface area contributed by atoms with E-state index in [0.29, 0.717) is 51.4 Å².